The Kier molecular flexibility index (Phi) is 5.98. The molecule has 1 rings (SSSR count). The summed E-state index contributed by atoms with van der Waals surface area (Å²) in [5.74, 6) is 5.20. The number of hydrazone groups is 1. The maximum atomic E-state index is 12.0. The fourth-order valence-corrected chi connectivity index (χ4v) is 2.08. The minimum absolute atomic E-state index is 0.0607. The first kappa shape index (κ1) is 16.9. The van der Waals surface area contributed by atoms with Crippen molar-refractivity contribution in [3.63, 3.8) is 0 Å². The summed E-state index contributed by atoms with van der Waals surface area (Å²) in [6.07, 6.45) is 1.58. The number of hydrogen-bond donors (Lipinski definition) is 1. The molecule has 0 radical (unpaired) electrons. The van der Waals surface area contributed by atoms with Crippen molar-refractivity contribution in [2.45, 2.75) is 52.2 Å². The number of rotatable bonds is 2. The summed E-state index contributed by atoms with van der Waals surface area (Å²) in [6.45, 7) is 8.71. The van der Waals surface area contributed by atoms with Crippen LogP contribution in [-0.2, 0) is 4.74 Å². The van der Waals surface area contributed by atoms with Gasteiger partial charge < -0.3 is 15.5 Å². The molecule has 1 saturated heterocycles. The highest BCUT2D eigenvalue weighted by Gasteiger charge is 2.27. The lowest BCUT2D eigenvalue weighted by Gasteiger charge is -2.32. The van der Waals surface area contributed by atoms with Crippen molar-refractivity contribution in [2.75, 3.05) is 13.1 Å². The molecular weight excluding hydrogens is 324 g/mol. The van der Waals surface area contributed by atoms with Crippen LogP contribution < -0.4 is 5.84 Å². The number of halogens is 1. The van der Waals surface area contributed by atoms with Crippen molar-refractivity contribution in [1.82, 2.24) is 4.90 Å². The minimum atomic E-state index is -0.474. The molecule has 0 aliphatic carbocycles. The van der Waals surface area contributed by atoms with E-state index in [1.54, 1.807) is 4.90 Å². The van der Waals surface area contributed by atoms with E-state index in [-0.39, 0.29) is 12.1 Å². The van der Waals surface area contributed by atoms with Crippen LogP contribution in [0.2, 0.25) is 0 Å². The molecule has 0 saturated carbocycles. The summed E-state index contributed by atoms with van der Waals surface area (Å²) in [5, 5.41) is 3.55. The first-order valence-corrected chi connectivity index (χ1v) is 7.48. The molecule has 0 aromatic carbocycles. The molecule has 7 heteroatoms. The van der Waals surface area contributed by atoms with E-state index in [0.29, 0.717) is 17.7 Å². The van der Waals surface area contributed by atoms with Crippen LogP contribution in [0.25, 0.3) is 0 Å². The van der Waals surface area contributed by atoms with Gasteiger partial charge in [0.05, 0.1) is 11.8 Å². The van der Waals surface area contributed by atoms with Crippen molar-refractivity contribution in [2.24, 2.45) is 15.9 Å². The lowest BCUT2D eigenvalue weighted by atomic mass is 10.1. The van der Waals surface area contributed by atoms with Crippen molar-refractivity contribution in [3.05, 3.63) is 0 Å². The standard InChI is InChI=1S/C13H23BrN4O2/c1-9(11(14)17-15)16-10-6-5-7-18(8-10)12(19)20-13(2,3)4/h10H,5-8,15H2,1-4H3/b16-9?,17-11+. The van der Waals surface area contributed by atoms with Gasteiger partial charge in [-0.25, -0.2) is 4.79 Å². The molecule has 0 aromatic heterocycles. The molecule has 1 amide bonds. The normalized spacial score (nSPS) is 21.9. The number of nitrogens with zero attached hydrogens (tertiary/aromatic N) is 3. The largest absolute Gasteiger partial charge is 0.444 e. The molecule has 6 nitrogen and oxygen atoms in total. The molecule has 1 aliphatic rings. The molecule has 1 atom stereocenters. The van der Waals surface area contributed by atoms with Crippen molar-refractivity contribution < 1.29 is 9.53 Å². The van der Waals surface area contributed by atoms with Crippen LogP contribution in [0.15, 0.2) is 10.1 Å². The first-order chi connectivity index (χ1) is 9.23. The molecule has 0 bridgehead atoms. The first-order valence-electron chi connectivity index (χ1n) is 6.69. The molecule has 1 unspecified atom stereocenters. The number of hydrogen-bond acceptors (Lipinski definition) is 5. The number of ether oxygens (including phenoxy) is 1. The summed E-state index contributed by atoms with van der Waals surface area (Å²) in [7, 11) is 0. The second-order valence-corrected chi connectivity index (χ2v) is 6.61. The zero-order valence-electron chi connectivity index (χ0n) is 12.5. The second kappa shape index (κ2) is 7.06. The summed E-state index contributed by atoms with van der Waals surface area (Å²) in [5.41, 5.74) is 0.266. The monoisotopic (exact) mass is 346 g/mol. The summed E-state index contributed by atoms with van der Waals surface area (Å²) >= 11 is 3.24. The average Bonchev–Trinajstić information content (AvgIpc) is 2.36. The predicted molar refractivity (Wildman–Crippen MR) is 84.5 cm³/mol. The Bertz CT molecular complexity index is 415. The van der Waals surface area contributed by atoms with Gasteiger partial charge in [0.25, 0.3) is 0 Å². The number of piperidine rings is 1. The zero-order valence-corrected chi connectivity index (χ0v) is 14.1. The maximum absolute atomic E-state index is 12.0. The molecule has 0 aromatic rings. The van der Waals surface area contributed by atoms with E-state index in [0.717, 1.165) is 18.6 Å². The van der Waals surface area contributed by atoms with E-state index >= 15 is 0 Å². The van der Waals surface area contributed by atoms with Gasteiger partial charge in [-0.05, 0) is 56.5 Å². The number of carbonyl (C=O) groups is 1. The van der Waals surface area contributed by atoms with E-state index in [1.807, 2.05) is 27.7 Å². The van der Waals surface area contributed by atoms with E-state index in [2.05, 4.69) is 26.0 Å². The Morgan fingerprint density at radius 1 is 1.45 bits per heavy atom. The van der Waals surface area contributed by atoms with Gasteiger partial charge in [-0.15, -0.1) is 0 Å². The molecule has 0 spiro atoms. The second-order valence-electron chi connectivity index (χ2n) is 5.86. The maximum Gasteiger partial charge on any atom is 0.410 e. The fourth-order valence-electron chi connectivity index (χ4n) is 1.97. The lowest BCUT2D eigenvalue weighted by molar-refractivity contribution is 0.0201. The third-order valence-corrected chi connectivity index (χ3v) is 3.61. The van der Waals surface area contributed by atoms with Gasteiger partial charge in [-0.3, -0.25) is 4.99 Å². The number of likely N-dealkylation sites (tertiary alicyclic amines) is 1. The quantitative estimate of drug-likeness (QED) is 0.473. The van der Waals surface area contributed by atoms with Gasteiger partial charge in [0.2, 0.25) is 0 Å². The minimum Gasteiger partial charge on any atom is -0.444 e. The van der Waals surface area contributed by atoms with Gasteiger partial charge in [0.1, 0.15) is 10.2 Å². The van der Waals surface area contributed by atoms with Crippen LogP contribution in [0.5, 0.6) is 0 Å². The zero-order chi connectivity index (χ0) is 15.3. The number of carbonyl (C=O) groups excluding carboxylic acids is 1. The fraction of sp³-hybridized carbons (Fsp3) is 0.769. The van der Waals surface area contributed by atoms with Crippen LogP contribution in [0, 0.1) is 0 Å². The van der Waals surface area contributed by atoms with Gasteiger partial charge in [-0.1, -0.05) is 0 Å². The molecule has 114 valence electrons. The summed E-state index contributed by atoms with van der Waals surface area (Å²) in [4.78, 5) is 18.3. The van der Waals surface area contributed by atoms with Crippen molar-refractivity contribution in [1.29, 1.82) is 0 Å². The highest BCUT2D eigenvalue weighted by atomic mass is 79.9. The Morgan fingerprint density at radius 3 is 2.65 bits per heavy atom. The molecular formula is C13H23BrN4O2. The average molecular weight is 347 g/mol. The summed E-state index contributed by atoms with van der Waals surface area (Å²) in [6, 6.07) is 0.0607. The van der Waals surface area contributed by atoms with Crippen molar-refractivity contribution in [3.8, 4) is 0 Å². The molecule has 20 heavy (non-hydrogen) atoms. The topological polar surface area (TPSA) is 80.3 Å². The Hall–Kier alpha value is -1.11. The molecule has 1 heterocycles. The number of aliphatic imine (C=N–C) groups is 1. The van der Waals surface area contributed by atoms with E-state index in [9.17, 15) is 4.79 Å². The van der Waals surface area contributed by atoms with E-state index in [1.165, 1.54) is 0 Å². The van der Waals surface area contributed by atoms with Gasteiger partial charge in [0, 0.05) is 13.1 Å². The lowest BCUT2D eigenvalue weighted by Crippen LogP contribution is -2.44. The molecule has 1 aliphatic heterocycles. The van der Waals surface area contributed by atoms with Crippen LogP contribution >= 0.6 is 15.9 Å². The van der Waals surface area contributed by atoms with Gasteiger partial charge >= 0.3 is 6.09 Å². The van der Waals surface area contributed by atoms with Crippen LogP contribution in [0.4, 0.5) is 4.79 Å². The highest BCUT2D eigenvalue weighted by Crippen LogP contribution is 2.17. The SMILES string of the molecule is CC(=NC1CCCN(C(=O)OC(C)(C)C)C1)/C(Br)=N\N. The Morgan fingerprint density at radius 2 is 2.10 bits per heavy atom. The van der Waals surface area contributed by atoms with Crippen LogP contribution in [0.3, 0.4) is 0 Å². The Balaban J connectivity index is 2.65. The van der Waals surface area contributed by atoms with Crippen LogP contribution in [0.1, 0.15) is 40.5 Å². The third kappa shape index (κ3) is 5.48. The predicted octanol–water partition coefficient (Wildman–Crippen LogP) is 2.51. The third-order valence-electron chi connectivity index (χ3n) is 2.84. The number of amides is 1. The van der Waals surface area contributed by atoms with Gasteiger partial charge in [-0.2, -0.15) is 5.10 Å². The van der Waals surface area contributed by atoms with Crippen molar-refractivity contribution >= 4 is 32.4 Å². The summed E-state index contributed by atoms with van der Waals surface area (Å²) < 4.78 is 5.92. The number of nitrogens with two attached hydrogens (primary N) is 1. The Labute approximate surface area is 128 Å². The van der Waals surface area contributed by atoms with Gasteiger partial charge in [0.15, 0.2) is 0 Å². The molecule has 2 N–H and O–H groups in total. The smallest absolute Gasteiger partial charge is 0.410 e. The van der Waals surface area contributed by atoms with E-state index < -0.39 is 5.60 Å². The molecule has 1 fully saturated rings. The van der Waals surface area contributed by atoms with E-state index in [4.69, 9.17) is 10.6 Å². The highest BCUT2D eigenvalue weighted by molar-refractivity contribution is 9.19. The van der Waals surface area contributed by atoms with Crippen LogP contribution in [-0.4, -0.2) is 46.1 Å².